The third-order valence-corrected chi connectivity index (χ3v) is 3.39. The number of aryl methyl sites for hydroxylation is 2. The minimum absolute atomic E-state index is 0.0892. The highest BCUT2D eigenvalue weighted by molar-refractivity contribution is 5.60. The molecule has 0 unspecified atom stereocenters. The Morgan fingerprint density at radius 2 is 1.56 bits per heavy atom. The van der Waals surface area contributed by atoms with Gasteiger partial charge in [-0.3, -0.25) is 4.98 Å². The van der Waals surface area contributed by atoms with Gasteiger partial charge in [0.1, 0.15) is 0 Å². The molecule has 2 heterocycles. The van der Waals surface area contributed by atoms with Crippen molar-refractivity contribution in [2.24, 2.45) is 0 Å². The lowest BCUT2D eigenvalue weighted by Crippen LogP contribution is -2.07. The standard InChI is InChI=1S/C17H16N8/c1-10-3-8-14(11(2)20-10)22-17-24-15(19)23-16(25-17)21-13-6-4-12(9-18)5-7-13/h3-8H,1-2H3,(H4,19,21,22,23,24,25). The van der Waals surface area contributed by atoms with Crippen molar-refractivity contribution in [1.82, 2.24) is 19.9 Å². The van der Waals surface area contributed by atoms with Gasteiger partial charge in [-0.2, -0.15) is 20.2 Å². The number of anilines is 5. The largest absolute Gasteiger partial charge is 0.368 e. The highest BCUT2D eigenvalue weighted by atomic mass is 15.2. The molecule has 0 aliphatic heterocycles. The molecule has 0 spiro atoms. The summed E-state index contributed by atoms with van der Waals surface area (Å²) in [5.41, 5.74) is 9.65. The predicted molar refractivity (Wildman–Crippen MR) is 95.7 cm³/mol. The van der Waals surface area contributed by atoms with Crippen molar-refractivity contribution in [3.05, 3.63) is 53.3 Å². The van der Waals surface area contributed by atoms with Crippen LogP contribution in [0.25, 0.3) is 0 Å². The first-order valence-electron chi connectivity index (χ1n) is 7.53. The number of benzene rings is 1. The number of hydrogen-bond donors (Lipinski definition) is 3. The van der Waals surface area contributed by atoms with Crippen LogP contribution in [0.3, 0.4) is 0 Å². The fraction of sp³-hybridized carbons (Fsp3) is 0.118. The van der Waals surface area contributed by atoms with Gasteiger partial charge >= 0.3 is 0 Å². The van der Waals surface area contributed by atoms with Crippen molar-refractivity contribution < 1.29 is 0 Å². The van der Waals surface area contributed by atoms with Crippen molar-refractivity contribution in [1.29, 1.82) is 5.26 Å². The van der Waals surface area contributed by atoms with Gasteiger partial charge in [-0.1, -0.05) is 0 Å². The molecule has 3 aromatic rings. The summed E-state index contributed by atoms with van der Waals surface area (Å²) in [6.07, 6.45) is 0. The maximum absolute atomic E-state index is 8.84. The first kappa shape index (κ1) is 16.1. The Morgan fingerprint density at radius 3 is 2.20 bits per heavy atom. The van der Waals surface area contributed by atoms with Gasteiger partial charge in [0, 0.05) is 11.4 Å². The van der Waals surface area contributed by atoms with Gasteiger partial charge in [0.15, 0.2) is 0 Å². The summed E-state index contributed by atoms with van der Waals surface area (Å²) in [6, 6.07) is 12.8. The normalized spacial score (nSPS) is 10.1. The van der Waals surface area contributed by atoms with E-state index in [1.807, 2.05) is 26.0 Å². The molecule has 0 bridgehead atoms. The molecule has 8 heteroatoms. The first-order chi connectivity index (χ1) is 12.0. The lowest BCUT2D eigenvalue weighted by atomic mass is 10.2. The molecule has 0 fully saturated rings. The van der Waals surface area contributed by atoms with Gasteiger partial charge in [-0.05, 0) is 50.2 Å². The van der Waals surface area contributed by atoms with Crippen molar-refractivity contribution in [3.63, 3.8) is 0 Å². The third-order valence-electron chi connectivity index (χ3n) is 3.39. The summed E-state index contributed by atoms with van der Waals surface area (Å²) in [6.45, 7) is 3.83. The minimum Gasteiger partial charge on any atom is -0.368 e. The summed E-state index contributed by atoms with van der Waals surface area (Å²) in [7, 11) is 0. The van der Waals surface area contributed by atoms with Crippen LogP contribution in [-0.4, -0.2) is 19.9 Å². The molecule has 0 radical (unpaired) electrons. The molecule has 0 aliphatic carbocycles. The molecule has 0 saturated carbocycles. The van der Waals surface area contributed by atoms with E-state index in [1.165, 1.54) is 0 Å². The van der Waals surface area contributed by atoms with Crippen molar-refractivity contribution in [3.8, 4) is 6.07 Å². The topological polar surface area (TPSA) is 125 Å². The second-order valence-corrected chi connectivity index (χ2v) is 5.37. The number of rotatable bonds is 4. The van der Waals surface area contributed by atoms with Gasteiger partial charge in [0.05, 0.1) is 23.0 Å². The fourth-order valence-corrected chi connectivity index (χ4v) is 2.20. The average molecular weight is 332 g/mol. The molecule has 8 nitrogen and oxygen atoms in total. The van der Waals surface area contributed by atoms with Crippen LogP contribution in [0.15, 0.2) is 36.4 Å². The zero-order chi connectivity index (χ0) is 17.8. The van der Waals surface area contributed by atoms with Crippen LogP contribution in [0.5, 0.6) is 0 Å². The summed E-state index contributed by atoms with van der Waals surface area (Å²) in [5.74, 6) is 0.709. The maximum Gasteiger partial charge on any atom is 0.233 e. The molecule has 0 saturated heterocycles. The summed E-state index contributed by atoms with van der Waals surface area (Å²) < 4.78 is 0. The molecule has 2 aromatic heterocycles. The monoisotopic (exact) mass is 332 g/mol. The van der Waals surface area contributed by atoms with Crippen LogP contribution in [-0.2, 0) is 0 Å². The van der Waals surface area contributed by atoms with Crippen molar-refractivity contribution in [2.75, 3.05) is 16.4 Å². The van der Waals surface area contributed by atoms with Crippen LogP contribution >= 0.6 is 0 Å². The molecule has 3 rings (SSSR count). The van der Waals surface area contributed by atoms with Gasteiger partial charge in [0.25, 0.3) is 0 Å². The Bertz CT molecular complexity index is 944. The van der Waals surface area contributed by atoms with E-state index in [4.69, 9.17) is 11.0 Å². The quantitative estimate of drug-likeness (QED) is 0.666. The van der Waals surface area contributed by atoms with Gasteiger partial charge in [0.2, 0.25) is 17.8 Å². The Kier molecular flexibility index (Phi) is 4.39. The Balaban J connectivity index is 1.83. The molecule has 1 aromatic carbocycles. The number of nitrogens with zero attached hydrogens (tertiary/aromatic N) is 5. The molecular weight excluding hydrogens is 316 g/mol. The zero-order valence-electron chi connectivity index (χ0n) is 13.8. The van der Waals surface area contributed by atoms with E-state index >= 15 is 0 Å². The summed E-state index contributed by atoms with van der Waals surface area (Å²) >= 11 is 0. The molecular formula is C17H16N8. The Hall–Kier alpha value is -3.73. The molecule has 25 heavy (non-hydrogen) atoms. The van der Waals surface area contributed by atoms with Crippen LogP contribution in [0, 0.1) is 25.2 Å². The number of nitrogens with one attached hydrogen (secondary N) is 2. The van der Waals surface area contributed by atoms with Crippen LogP contribution in [0.2, 0.25) is 0 Å². The fourth-order valence-electron chi connectivity index (χ4n) is 2.20. The Labute approximate surface area is 144 Å². The van der Waals surface area contributed by atoms with E-state index in [1.54, 1.807) is 24.3 Å². The smallest absolute Gasteiger partial charge is 0.233 e. The number of hydrogen-bond acceptors (Lipinski definition) is 8. The number of nitrogen functional groups attached to an aromatic ring is 1. The third kappa shape index (κ3) is 3.97. The summed E-state index contributed by atoms with van der Waals surface area (Å²) in [4.78, 5) is 16.9. The second kappa shape index (κ2) is 6.80. The number of nitrogens with two attached hydrogens (primary N) is 1. The van der Waals surface area contributed by atoms with Gasteiger partial charge in [-0.15, -0.1) is 0 Å². The SMILES string of the molecule is Cc1ccc(Nc2nc(N)nc(Nc3ccc(C#N)cc3)n2)c(C)n1. The van der Waals surface area contributed by atoms with E-state index in [0.717, 1.165) is 22.8 Å². The average Bonchev–Trinajstić information content (AvgIpc) is 2.58. The van der Waals surface area contributed by atoms with E-state index in [2.05, 4.69) is 36.6 Å². The highest BCUT2D eigenvalue weighted by Crippen LogP contribution is 2.20. The lowest BCUT2D eigenvalue weighted by Gasteiger charge is -2.10. The van der Waals surface area contributed by atoms with E-state index in [-0.39, 0.29) is 5.95 Å². The first-order valence-corrected chi connectivity index (χ1v) is 7.53. The van der Waals surface area contributed by atoms with Crippen LogP contribution < -0.4 is 16.4 Å². The summed E-state index contributed by atoms with van der Waals surface area (Å²) in [5, 5.41) is 15.0. The highest BCUT2D eigenvalue weighted by Gasteiger charge is 2.07. The molecule has 124 valence electrons. The molecule has 0 amide bonds. The molecule has 0 aliphatic rings. The van der Waals surface area contributed by atoms with E-state index < -0.39 is 0 Å². The van der Waals surface area contributed by atoms with Gasteiger partial charge < -0.3 is 16.4 Å². The number of aromatic nitrogens is 4. The maximum atomic E-state index is 8.84. The van der Waals surface area contributed by atoms with Crippen LogP contribution in [0.1, 0.15) is 17.0 Å². The second-order valence-electron chi connectivity index (χ2n) is 5.37. The number of nitriles is 1. The predicted octanol–water partition coefficient (Wildman–Crippen LogP) is 2.82. The van der Waals surface area contributed by atoms with Crippen molar-refractivity contribution in [2.45, 2.75) is 13.8 Å². The molecule has 0 atom stereocenters. The van der Waals surface area contributed by atoms with E-state index in [0.29, 0.717) is 17.5 Å². The van der Waals surface area contributed by atoms with Crippen LogP contribution in [0.4, 0.5) is 29.2 Å². The van der Waals surface area contributed by atoms with Gasteiger partial charge in [-0.25, -0.2) is 0 Å². The molecule has 4 N–H and O–H groups in total. The van der Waals surface area contributed by atoms with E-state index in [9.17, 15) is 0 Å². The van der Waals surface area contributed by atoms with Crippen molar-refractivity contribution >= 4 is 29.2 Å². The number of pyridine rings is 1. The zero-order valence-corrected chi connectivity index (χ0v) is 13.8. The Morgan fingerprint density at radius 1 is 0.880 bits per heavy atom. The lowest BCUT2D eigenvalue weighted by molar-refractivity contribution is 1.06. The minimum atomic E-state index is 0.0892.